The lowest BCUT2D eigenvalue weighted by Crippen LogP contribution is -2.10. The first-order valence-corrected chi connectivity index (χ1v) is 6.94. The van der Waals surface area contributed by atoms with Crippen LogP contribution in [0.1, 0.15) is 38.6 Å². The predicted octanol–water partition coefficient (Wildman–Crippen LogP) is 2.04. The minimum atomic E-state index is -0.219. The maximum absolute atomic E-state index is 11.1. The smallest absolute Gasteiger partial charge is 0.306 e. The first-order valence-electron chi connectivity index (χ1n) is 6.06. The number of aromatic nitrogens is 3. The number of carbonyl (C=O) groups is 1. The average molecular weight is 269 g/mol. The number of ether oxygens (including phenoxy) is 1. The molecule has 1 unspecified atom stereocenters. The normalized spacial score (nSPS) is 12.2. The largest absolute Gasteiger partial charge is 0.469 e. The molecule has 0 aliphatic heterocycles. The molecule has 100 valence electrons. The van der Waals surface area contributed by atoms with Gasteiger partial charge in [0.05, 0.1) is 24.9 Å². The summed E-state index contributed by atoms with van der Waals surface area (Å²) in [6, 6.07) is 0. The lowest BCUT2D eigenvalue weighted by molar-refractivity contribution is -0.140. The Morgan fingerprint density at radius 1 is 1.28 bits per heavy atom. The zero-order valence-electron chi connectivity index (χ0n) is 11.3. The van der Waals surface area contributed by atoms with Crippen molar-refractivity contribution in [1.29, 1.82) is 0 Å². The SMILES string of the molecule is CCc1nnc(SC(C)CC(=O)OC)nc1CC. The molecule has 6 heteroatoms. The van der Waals surface area contributed by atoms with Gasteiger partial charge in [0.15, 0.2) is 0 Å². The quantitative estimate of drug-likeness (QED) is 0.581. The molecule has 0 fully saturated rings. The van der Waals surface area contributed by atoms with Crippen LogP contribution in [0.3, 0.4) is 0 Å². The Hall–Kier alpha value is -1.17. The van der Waals surface area contributed by atoms with Gasteiger partial charge < -0.3 is 4.74 Å². The number of nitrogens with zero attached hydrogens (tertiary/aromatic N) is 3. The first-order chi connectivity index (χ1) is 8.60. The Bertz CT molecular complexity index is 412. The van der Waals surface area contributed by atoms with Crippen molar-refractivity contribution in [3.63, 3.8) is 0 Å². The third-order valence-electron chi connectivity index (χ3n) is 2.48. The van der Waals surface area contributed by atoms with E-state index in [1.54, 1.807) is 0 Å². The highest BCUT2D eigenvalue weighted by atomic mass is 32.2. The Morgan fingerprint density at radius 3 is 2.50 bits per heavy atom. The van der Waals surface area contributed by atoms with Gasteiger partial charge in [0.25, 0.3) is 0 Å². The van der Waals surface area contributed by atoms with E-state index in [-0.39, 0.29) is 11.2 Å². The zero-order valence-corrected chi connectivity index (χ0v) is 12.1. The Balaban J connectivity index is 2.70. The summed E-state index contributed by atoms with van der Waals surface area (Å²) >= 11 is 1.45. The van der Waals surface area contributed by atoms with E-state index >= 15 is 0 Å². The van der Waals surface area contributed by atoms with Gasteiger partial charge >= 0.3 is 5.97 Å². The van der Waals surface area contributed by atoms with Crippen LogP contribution < -0.4 is 0 Å². The van der Waals surface area contributed by atoms with Crippen LogP contribution in [0.15, 0.2) is 5.16 Å². The predicted molar refractivity (Wildman–Crippen MR) is 70.5 cm³/mol. The van der Waals surface area contributed by atoms with Crippen LogP contribution in [0.4, 0.5) is 0 Å². The van der Waals surface area contributed by atoms with Gasteiger partial charge in [-0.2, -0.15) is 5.10 Å². The molecule has 5 nitrogen and oxygen atoms in total. The number of hydrogen-bond donors (Lipinski definition) is 0. The highest BCUT2D eigenvalue weighted by Crippen LogP contribution is 2.22. The number of carbonyl (C=O) groups excluding carboxylic acids is 1. The Kier molecular flexibility index (Phi) is 6.04. The molecule has 1 heterocycles. The third-order valence-corrected chi connectivity index (χ3v) is 3.43. The summed E-state index contributed by atoms with van der Waals surface area (Å²) in [5, 5.41) is 8.96. The molecule has 0 radical (unpaired) electrons. The maximum atomic E-state index is 11.1. The number of hydrogen-bond acceptors (Lipinski definition) is 6. The van der Waals surface area contributed by atoms with Crippen molar-refractivity contribution in [3.05, 3.63) is 11.4 Å². The number of esters is 1. The molecule has 1 aromatic rings. The fourth-order valence-electron chi connectivity index (χ4n) is 1.51. The second-order valence-corrected chi connectivity index (χ2v) is 5.31. The molecular weight excluding hydrogens is 250 g/mol. The minimum Gasteiger partial charge on any atom is -0.469 e. The molecule has 1 rings (SSSR count). The van der Waals surface area contributed by atoms with E-state index in [0.29, 0.717) is 11.6 Å². The Labute approximate surface area is 112 Å². The van der Waals surface area contributed by atoms with Crippen LogP contribution in [0, 0.1) is 0 Å². The van der Waals surface area contributed by atoms with Crippen molar-refractivity contribution in [3.8, 4) is 0 Å². The van der Waals surface area contributed by atoms with E-state index in [9.17, 15) is 4.79 Å². The van der Waals surface area contributed by atoms with Crippen molar-refractivity contribution in [2.24, 2.45) is 0 Å². The zero-order chi connectivity index (χ0) is 13.5. The molecule has 0 N–H and O–H groups in total. The van der Waals surface area contributed by atoms with Crippen LogP contribution >= 0.6 is 11.8 Å². The van der Waals surface area contributed by atoms with Crippen molar-refractivity contribution < 1.29 is 9.53 Å². The summed E-state index contributed by atoms with van der Waals surface area (Å²) < 4.78 is 4.63. The van der Waals surface area contributed by atoms with Gasteiger partial charge in [0.2, 0.25) is 5.16 Å². The van der Waals surface area contributed by atoms with E-state index in [2.05, 4.69) is 26.8 Å². The molecule has 1 aromatic heterocycles. The molecule has 0 aromatic carbocycles. The van der Waals surface area contributed by atoms with Crippen LogP contribution in [-0.4, -0.2) is 33.5 Å². The summed E-state index contributed by atoms with van der Waals surface area (Å²) in [5.41, 5.74) is 1.93. The number of aryl methyl sites for hydroxylation is 2. The van der Waals surface area contributed by atoms with Crippen molar-refractivity contribution >= 4 is 17.7 Å². The summed E-state index contributed by atoms with van der Waals surface area (Å²) in [5.74, 6) is -0.219. The highest BCUT2D eigenvalue weighted by molar-refractivity contribution is 7.99. The van der Waals surface area contributed by atoms with Crippen LogP contribution in [0.5, 0.6) is 0 Å². The van der Waals surface area contributed by atoms with Gasteiger partial charge in [-0.15, -0.1) is 5.10 Å². The maximum Gasteiger partial charge on any atom is 0.306 e. The van der Waals surface area contributed by atoms with Gasteiger partial charge in [-0.25, -0.2) is 4.98 Å². The van der Waals surface area contributed by atoms with Crippen LogP contribution in [0.25, 0.3) is 0 Å². The van der Waals surface area contributed by atoms with E-state index in [0.717, 1.165) is 24.2 Å². The number of methoxy groups -OCH3 is 1. The third kappa shape index (κ3) is 4.25. The average Bonchev–Trinajstić information content (AvgIpc) is 2.38. The lowest BCUT2D eigenvalue weighted by atomic mass is 10.2. The fraction of sp³-hybridized carbons (Fsp3) is 0.667. The summed E-state index contributed by atoms with van der Waals surface area (Å²) in [7, 11) is 1.39. The van der Waals surface area contributed by atoms with Gasteiger partial charge in [-0.3, -0.25) is 4.79 Å². The molecule has 18 heavy (non-hydrogen) atoms. The van der Waals surface area contributed by atoms with E-state index in [1.807, 2.05) is 13.8 Å². The minimum absolute atomic E-state index is 0.0800. The summed E-state index contributed by atoms with van der Waals surface area (Å²) in [4.78, 5) is 15.6. The van der Waals surface area contributed by atoms with Gasteiger partial charge in [0, 0.05) is 5.25 Å². The van der Waals surface area contributed by atoms with Gasteiger partial charge in [-0.1, -0.05) is 32.5 Å². The second-order valence-electron chi connectivity index (χ2n) is 3.90. The monoisotopic (exact) mass is 269 g/mol. The van der Waals surface area contributed by atoms with E-state index < -0.39 is 0 Å². The van der Waals surface area contributed by atoms with Gasteiger partial charge in [-0.05, 0) is 12.8 Å². The molecule has 0 bridgehead atoms. The highest BCUT2D eigenvalue weighted by Gasteiger charge is 2.14. The Morgan fingerprint density at radius 2 is 1.94 bits per heavy atom. The molecule has 0 spiro atoms. The molecular formula is C12H19N3O2S. The summed E-state index contributed by atoms with van der Waals surface area (Å²) in [6.45, 7) is 6.04. The lowest BCUT2D eigenvalue weighted by Gasteiger charge is -2.09. The molecule has 0 saturated carbocycles. The van der Waals surface area contributed by atoms with Crippen LogP contribution in [-0.2, 0) is 22.4 Å². The van der Waals surface area contributed by atoms with Gasteiger partial charge in [0.1, 0.15) is 0 Å². The van der Waals surface area contributed by atoms with Crippen molar-refractivity contribution in [2.75, 3.05) is 7.11 Å². The second kappa shape index (κ2) is 7.31. The van der Waals surface area contributed by atoms with E-state index in [1.165, 1.54) is 18.9 Å². The molecule has 0 aliphatic rings. The molecule has 0 aliphatic carbocycles. The number of rotatable bonds is 6. The molecule has 0 saturated heterocycles. The summed E-state index contributed by atoms with van der Waals surface area (Å²) in [6.07, 6.45) is 2.03. The fourth-order valence-corrected chi connectivity index (χ4v) is 2.34. The molecule has 0 amide bonds. The van der Waals surface area contributed by atoms with Crippen LogP contribution in [0.2, 0.25) is 0 Å². The first kappa shape index (κ1) is 14.9. The number of thioether (sulfide) groups is 1. The van der Waals surface area contributed by atoms with Crippen molar-refractivity contribution in [1.82, 2.24) is 15.2 Å². The standard InChI is InChI=1S/C12H19N3O2S/c1-5-9-10(6-2)14-15-12(13-9)18-8(3)7-11(16)17-4/h8H,5-7H2,1-4H3. The van der Waals surface area contributed by atoms with Crippen molar-refractivity contribution in [2.45, 2.75) is 50.4 Å². The van der Waals surface area contributed by atoms with E-state index in [4.69, 9.17) is 0 Å². The topological polar surface area (TPSA) is 65.0 Å². The molecule has 1 atom stereocenters.